The second-order valence-corrected chi connectivity index (χ2v) is 4.76. The van der Waals surface area contributed by atoms with E-state index in [2.05, 4.69) is 4.74 Å². The van der Waals surface area contributed by atoms with Gasteiger partial charge in [-0.3, -0.25) is 0 Å². The van der Waals surface area contributed by atoms with Crippen molar-refractivity contribution in [3.8, 4) is 11.8 Å². The third kappa shape index (κ3) is 3.60. The van der Waals surface area contributed by atoms with Crippen molar-refractivity contribution in [2.75, 3.05) is 0 Å². The molecule has 2 aromatic rings. The van der Waals surface area contributed by atoms with Crippen molar-refractivity contribution >= 4 is 11.8 Å². The minimum absolute atomic E-state index is 0.160. The van der Waals surface area contributed by atoms with Crippen molar-refractivity contribution < 1.29 is 27.1 Å². The van der Waals surface area contributed by atoms with Crippen LogP contribution in [0.15, 0.2) is 42.2 Å². The van der Waals surface area contributed by atoms with Crippen LogP contribution in [-0.2, 0) is 4.79 Å². The number of benzene rings is 2. The second kappa shape index (κ2) is 6.96. The van der Waals surface area contributed by atoms with Gasteiger partial charge in [0.05, 0.1) is 17.2 Å². The summed E-state index contributed by atoms with van der Waals surface area (Å²) in [7, 11) is 0. The van der Waals surface area contributed by atoms with Crippen LogP contribution in [0.2, 0.25) is 0 Å². The lowest BCUT2D eigenvalue weighted by molar-refractivity contribution is -0.131. The maximum absolute atomic E-state index is 13.9. The number of rotatable bonds is 3. The summed E-state index contributed by atoms with van der Waals surface area (Å²) in [6.07, 6.45) is 0. The first-order valence-electron chi connectivity index (χ1n) is 6.57. The van der Waals surface area contributed by atoms with E-state index in [1.165, 1.54) is 31.2 Å². The van der Waals surface area contributed by atoms with Gasteiger partial charge in [0.15, 0.2) is 5.83 Å². The molecule has 2 rings (SSSR count). The molecule has 7 heteroatoms. The average Bonchev–Trinajstić information content (AvgIpc) is 2.53. The first kappa shape index (κ1) is 17.2. The SMILES string of the molecule is Cc1cc(F)c(/C(F)=C(\F)C(=O)Oc2ccc(C#N)cc2)c(F)c1. The molecule has 122 valence electrons. The molecule has 0 heterocycles. The predicted molar refractivity (Wildman–Crippen MR) is 77.0 cm³/mol. The molecule has 3 nitrogen and oxygen atoms in total. The number of aryl methyl sites for hydroxylation is 1. The number of ether oxygens (including phenoxy) is 1. The van der Waals surface area contributed by atoms with Gasteiger partial charge < -0.3 is 4.74 Å². The van der Waals surface area contributed by atoms with Gasteiger partial charge in [-0.25, -0.2) is 18.0 Å². The van der Waals surface area contributed by atoms with Crippen molar-refractivity contribution in [1.29, 1.82) is 5.26 Å². The van der Waals surface area contributed by atoms with Crippen LogP contribution in [0.5, 0.6) is 5.75 Å². The number of esters is 1. The van der Waals surface area contributed by atoms with Gasteiger partial charge in [-0.15, -0.1) is 0 Å². The van der Waals surface area contributed by atoms with E-state index in [1.807, 2.05) is 6.07 Å². The number of hydrogen-bond acceptors (Lipinski definition) is 3. The fraction of sp³-hybridized carbons (Fsp3) is 0.0588. The molecule has 0 saturated heterocycles. The molecule has 0 fully saturated rings. The first-order valence-corrected chi connectivity index (χ1v) is 6.57. The van der Waals surface area contributed by atoms with Crippen molar-refractivity contribution in [1.82, 2.24) is 0 Å². The summed E-state index contributed by atoms with van der Waals surface area (Å²) >= 11 is 0. The van der Waals surface area contributed by atoms with Gasteiger partial charge in [-0.1, -0.05) is 0 Å². The minimum Gasteiger partial charge on any atom is -0.421 e. The van der Waals surface area contributed by atoms with Crippen molar-refractivity contribution in [2.45, 2.75) is 6.92 Å². The molecule has 0 bridgehead atoms. The summed E-state index contributed by atoms with van der Waals surface area (Å²) in [4.78, 5) is 11.6. The monoisotopic (exact) mass is 335 g/mol. The van der Waals surface area contributed by atoms with Gasteiger partial charge in [0.25, 0.3) is 0 Å². The molecule has 0 aliphatic carbocycles. The maximum atomic E-state index is 13.9. The standard InChI is InChI=1S/C17H9F4NO2/c1-9-6-12(18)14(13(19)7-9)15(20)16(21)17(23)24-11-4-2-10(8-22)3-5-11/h2-7H,1H3/b16-15+. The zero-order chi connectivity index (χ0) is 17.9. The lowest BCUT2D eigenvalue weighted by atomic mass is 10.1. The van der Waals surface area contributed by atoms with Crippen LogP contribution < -0.4 is 4.74 Å². The molecule has 24 heavy (non-hydrogen) atoms. The zero-order valence-electron chi connectivity index (χ0n) is 12.2. The van der Waals surface area contributed by atoms with Crippen LogP contribution in [0.3, 0.4) is 0 Å². The Morgan fingerprint density at radius 2 is 1.62 bits per heavy atom. The Morgan fingerprint density at radius 1 is 1.08 bits per heavy atom. The van der Waals surface area contributed by atoms with Crippen LogP contribution in [0, 0.1) is 29.9 Å². The van der Waals surface area contributed by atoms with Gasteiger partial charge >= 0.3 is 5.97 Å². The Morgan fingerprint density at radius 3 is 2.12 bits per heavy atom. The number of nitrogens with zero attached hydrogens (tertiary/aromatic N) is 1. The van der Waals surface area contributed by atoms with E-state index in [1.54, 1.807) is 0 Å². The lowest BCUT2D eigenvalue weighted by Crippen LogP contribution is -2.10. The average molecular weight is 335 g/mol. The summed E-state index contributed by atoms with van der Waals surface area (Å²) in [5, 5.41) is 8.62. The molecule has 0 aliphatic rings. The minimum atomic E-state index is -2.07. The third-order valence-corrected chi connectivity index (χ3v) is 2.97. The van der Waals surface area contributed by atoms with E-state index in [9.17, 15) is 22.4 Å². The zero-order valence-corrected chi connectivity index (χ0v) is 12.2. The number of carbonyl (C=O) groups is 1. The summed E-state index contributed by atoms with van der Waals surface area (Å²) < 4.78 is 59.6. The van der Waals surface area contributed by atoms with E-state index >= 15 is 0 Å². The van der Waals surface area contributed by atoms with Crippen LogP contribution in [0.4, 0.5) is 17.6 Å². The first-order chi connectivity index (χ1) is 11.3. The Bertz CT molecular complexity index is 844. The summed E-state index contributed by atoms with van der Waals surface area (Å²) in [5.74, 6) is -8.66. The maximum Gasteiger partial charge on any atom is 0.375 e. The quantitative estimate of drug-likeness (QED) is 0.362. The molecular weight excluding hydrogens is 326 g/mol. The Balaban J connectivity index is 2.31. The molecular formula is C17H9F4NO2. The fourth-order valence-electron chi connectivity index (χ4n) is 1.86. The topological polar surface area (TPSA) is 50.1 Å². The van der Waals surface area contributed by atoms with Gasteiger partial charge in [0.1, 0.15) is 17.4 Å². The second-order valence-electron chi connectivity index (χ2n) is 4.76. The van der Waals surface area contributed by atoms with E-state index in [-0.39, 0.29) is 16.9 Å². The molecule has 0 radical (unpaired) electrons. The number of hydrogen-bond donors (Lipinski definition) is 0. The van der Waals surface area contributed by atoms with E-state index in [0.717, 1.165) is 12.1 Å². The Hall–Kier alpha value is -3.14. The normalized spacial score (nSPS) is 11.5. The molecule has 0 aliphatic heterocycles. The molecule has 0 aromatic heterocycles. The Labute approximate surface area is 134 Å². The summed E-state index contributed by atoms with van der Waals surface area (Å²) in [6, 6.07) is 8.39. The molecule has 0 N–H and O–H groups in total. The van der Waals surface area contributed by atoms with Crippen LogP contribution in [-0.4, -0.2) is 5.97 Å². The smallest absolute Gasteiger partial charge is 0.375 e. The number of halogens is 4. The van der Waals surface area contributed by atoms with Crippen molar-refractivity contribution in [3.05, 3.63) is 70.5 Å². The van der Waals surface area contributed by atoms with Gasteiger partial charge in [-0.05, 0) is 48.9 Å². The number of carbonyl (C=O) groups excluding carboxylic acids is 1. The lowest BCUT2D eigenvalue weighted by Gasteiger charge is -2.06. The van der Waals surface area contributed by atoms with Crippen LogP contribution in [0.1, 0.15) is 16.7 Å². The third-order valence-electron chi connectivity index (χ3n) is 2.97. The van der Waals surface area contributed by atoms with Gasteiger partial charge in [0, 0.05) is 0 Å². The summed E-state index contributed by atoms with van der Waals surface area (Å²) in [5.41, 5.74) is -0.849. The molecule has 0 spiro atoms. The Kier molecular flexibility index (Phi) is 4.99. The van der Waals surface area contributed by atoms with Crippen LogP contribution >= 0.6 is 0 Å². The van der Waals surface area contributed by atoms with Gasteiger partial charge in [-0.2, -0.15) is 9.65 Å². The highest BCUT2D eigenvalue weighted by Crippen LogP contribution is 2.28. The van der Waals surface area contributed by atoms with Crippen LogP contribution in [0.25, 0.3) is 5.83 Å². The van der Waals surface area contributed by atoms with E-state index in [4.69, 9.17) is 5.26 Å². The number of nitriles is 1. The van der Waals surface area contributed by atoms with Crippen molar-refractivity contribution in [2.24, 2.45) is 0 Å². The molecule has 2 aromatic carbocycles. The molecule has 0 amide bonds. The highest BCUT2D eigenvalue weighted by atomic mass is 19.2. The van der Waals surface area contributed by atoms with Crippen molar-refractivity contribution in [3.63, 3.8) is 0 Å². The van der Waals surface area contributed by atoms with Gasteiger partial charge in [0.2, 0.25) is 5.83 Å². The largest absolute Gasteiger partial charge is 0.421 e. The summed E-state index contributed by atoms with van der Waals surface area (Å²) in [6.45, 7) is 1.37. The fourth-order valence-corrected chi connectivity index (χ4v) is 1.86. The highest BCUT2D eigenvalue weighted by molar-refractivity contribution is 5.95. The highest BCUT2D eigenvalue weighted by Gasteiger charge is 2.24. The molecule has 0 saturated carbocycles. The predicted octanol–water partition coefficient (Wildman–Crippen LogP) is 4.36. The van der Waals surface area contributed by atoms with E-state index in [0.29, 0.717) is 0 Å². The molecule has 0 atom stereocenters. The molecule has 0 unspecified atom stereocenters. The van der Waals surface area contributed by atoms with E-state index < -0.39 is 34.8 Å².